The molecule has 0 radical (unpaired) electrons. The van der Waals surface area contributed by atoms with E-state index >= 15 is 0 Å². The maximum atomic E-state index is 6.04. The van der Waals surface area contributed by atoms with Crippen molar-refractivity contribution in [3.8, 4) is 5.69 Å². The van der Waals surface area contributed by atoms with Crippen molar-refractivity contribution in [2.45, 2.75) is 6.42 Å². The topological polar surface area (TPSA) is 43.1 Å². The van der Waals surface area contributed by atoms with E-state index in [9.17, 15) is 0 Å². The minimum atomic E-state index is 0.668. The van der Waals surface area contributed by atoms with Crippen LogP contribution >= 0.6 is 11.6 Å². The number of halogens is 1. The molecule has 0 N–H and O–H groups in total. The molecule has 5 rings (SSSR count). The Morgan fingerprint density at radius 1 is 0.806 bits per heavy atom. The summed E-state index contributed by atoms with van der Waals surface area (Å²) in [7, 11) is 0. The lowest BCUT2D eigenvalue weighted by atomic mass is 9.99. The summed E-state index contributed by atoms with van der Waals surface area (Å²) in [5.41, 5.74) is 4.08. The summed E-state index contributed by atoms with van der Waals surface area (Å²) >= 11 is 6.04. The van der Waals surface area contributed by atoms with Crippen LogP contribution in [0.1, 0.15) is 11.1 Å². The van der Waals surface area contributed by atoms with E-state index in [0.717, 1.165) is 17.0 Å². The molecule has 0 aliphatic rings. The highest BCUT2D eigenvalue weighted by Crippen LogP contribution is 2.23. The first-order valence-electron chi connectivity index (χ1n) is 10.0. The fourth-order valence-electron chi connectivity index (χ4n) is 3.57. The molecule has 0 fully saturated rings. The van der Waals surface area contributed by atoms with E-state index in [2.05, 4.69) is 64.9 Å². The van der Waals surface area contributed by atoms with E-state index in [4.69, 9.17) is 16.6 Å². The van der Waals surface area contributed by atoms with Gasteiger partial charge in [-0.15, -0.1) is 5.10 Å². The maximum absolute atomic E-state index is 6.04. The molecule has 4 nitrogen and oxygen atoms in total. The summed E-state index contributed by atoms with van der Waals surface area (Å²) in [6, 6.07) is 32.6. The lowest BCUT2D eigenvalue weighted by Gasteiger charge is -2.10. The molecule has 0 aliphatic heterocycles. The molecule has 0 aliphatic carbocycles. The monoisotopic (exact) mass is 422 g/mol. The minimum Gasteiger partial charge on any atom is -0.231 e. The fourth-order valence-corrected chi connectivity index (χ4v) is 3.70. The van der Waals surface area contributed by atoms with Crippen LogP contribution in [-0.2, 0) is 6.42 Å². The van der Waals surface area contributed by atoms with E-state index in [1.54, 1.807) is 10.9 Å². The van der Waals surface area contributed by atoms with Gasteiger partial charge in [-0.1, -0.05) is 83.5 Å². The van der Waals surface area contributed by atoms with Crippen molar-refractivity contribution in [3.05, 3.63) is 119 Å². The smallest absolute Gasteiger partial charge is 0.176 e. The van der Waals surface area contributed by atoms with Crippen LogP contribution < -0.4 is 0 Å². The van der Waals surface area contributed by atoms with Crippen LogP contribution in [0.4, 0.5) is 5.82 Å². The van der Waals surface area contributed by atoms with Gasteiger partial charge in [-0.05, 0) is 52.2 Å². The average molecular weight is 423 g/mol. The predicted molar refractivity (Wildman–Crippen MR) is 127 cm³/mol. The molecule has 0 amide bonds. The second-order valence-corrected chi connectivity index (χ2v) is 7.70. The number of nitrogens with zero attached hydrogens (tertiary/aromatic N) is 4. The van der Waals surface area contributed by atoms with Gasteiger partial charge in [-0.25, -0.2) is 4.99 Å². The van der Waals surface area contributed by atoms with Crippen LogP contribution in [0, 0.1) is 0 Å². The van der Waals surface area contributed by atoms with Crippen LogP contribution in [0.25, 0.3) is 16.5 Å². The molecule has 0 bridgehead atoms. The first-order chi connectivity index (χ1) is 15.3. The number of hydrogen-bond donors (Lipinski definition) is 0. The molecule has 0 saturated heterocycles. The average Bonchev–Trinajstić information content (AvgIpc) is 3.28. The summed E-state index contributed by atoms with van der Waals surface area (Å²) < 4.78 is 1.72. The number of rotatable bonds is 5. The van der Waals surface area contributed by atoms with E-state index < -0.39 is 0 Å². The molecule has 0 atom stereocenters. The standard InChI is InChI=1S/C26H19ClN4/c27-23-12-14-24(15-13-23)31-26(18-28-30-31)29-25(16-19-6-2-1-3-7-19)22-11-10-20-8-4-5-9-21(20)17-22/h1-15,17-18H,16H2/b29-25+. The number of aromatic nitrogens is 3. The van der Waals surface area contributed by atoms with Gasteiger partial charge in [0, 0.05) is 11.4 Å². The van der Waals surface area contributed by atoms with Crippen LogP contribution in [0.15, 0.2) is 108 Å². The highest BCUT2D eigenvalue weighted by Gasteiger charge is 2.11. The van der Waals surface area contributed by atoms with Crippen molar-refractivity contribution in [1.82, 2.24) is 15.0 Å². The summed E-state index contributed by atoms with van der Waals surface area (Å²) in [6.07, 6.45) is 2.38. The highest BCUT2D eigenvalue weighted by atomic mass is 35.5. The molecule has 5 heteroatoms. The largest absolute Gasteiger partial charge is 0.231 e. The van der Waals surface area contributed by atoms with Crippen LogP contribution in [0.5, 0.6) is 0 Å². The molecule has 31 heavy (non-hydrogen) atoms. The third kappa shape index (κ3) is 4.25. The summed E-state index contributed by atoms with van der Waals surface area (Å²) in [5.74, 6) is 0.668. The Morgan fingerprint density at radius 3 is 2.35 bits per heavy atom. The molecule has 1 aromatic heterocycles. The Labute approximate surface area is 185 Å². The predicted octanol–water partition coefficient (Wildman–Crippen LogP) is 6.44. The highest BCUT2D eigenvalue weighted by molar-refractivity contribution is 6.30. The van der Waals surface area contributed by atoms with Gasteiger partial charge in [0.05, 0.1) is 17.6 Å². The van der Waals surface area contributed by atoms with Gasteiger partial charge in [0.25, 0.3) is 0 Å². The lowest BCUT2D eigenvalue weighted by molar-refractivity contribution is 0.804. The van der Waals surface area contributed by atoms with Crippen molar-refractivity contribution < 1.29 is 0 Å². The molecule has 4 aromatic carbocycles. The number of hydrogen-bond acceptors (Lipinski definition) is 3. The Hall–Kier alpha value is -3.76. The molecular weight excluding hydrogens is 404 g/mol. The molecule has 5 aromatic rings. The summed E-state index contributed by atoms with van der Waals surface area (Å²) in [5, 5.41) is 11.4. The minimum absolute atomic E-state index is 0.668. The normalized spacial score (nSPS) is 11.7. The number of aliphatic imine (C=N–C) groups is 1. The molecular formula is C26H19ClN4. The molecule has 1 heterocycles. The summed E-state index contributed by atoms with van der Waals surface area (Å²) in [4.78, 5) is 5.01. The van der Waals surface area contributed by atoms with Crippen molar-refractivity contribution in [1.29, 1.82) is 0 Å². The first-order valence-corrected chi connectivity index (χ1v) is 10.4. The third-order valence-electron chi connectivity index (χ3n) is 5.15. The number of benzene rings is 4. The van der Waals surface area contributed by atoms with Gasteiger partial charge in [0.2, 0.25) is 0 Å². The van der Waals surface area contributed by atoms with Gasteiger partial charge < -0.3 is 0 Å². The Morgan fingerprint density at radius 2 is 1.55 bits per heavy atom. The van der Waals surface area contributed by atoms with E-state index in [1.807, 2.05) is 42.5 Å². The van der Waals surface area contributed by atoms with Crippen molar-refractivity contribution >= 4 is 33.9 Å². The SMILES string of the molecule is Clc1ccc(-n2nncc2/N=C(\Cc2ccccc2)c2ccc3ccccc3c2)cc1. The van der Waals surface area contributed by atoms with Gasteiger partial charge in [-0.2, -0.15) is 4.68 Å². The van der Waals surface area contributed by atoms with Crippen LogP contribution in [0.3, 0.4) is 0 Å². The fraction of sp³-hybridized carbons (Fsp3) is 0.0385. The van der Waals surface area contributed by atoms with Crippen molar-refractivity contribution in [2.75, 3.05) is 0 Å². The zero-order valence-corrected chi connectivity index (χ0v) is 17.4. The molecule has 0 spiro atoms. The van der Waals surface area contributed by atoms with Crippen LogP contribution in [-0.4, -0.2) is 20.7 Å². The Bertz CT molecular complexity index is 1360. The number of fused-ring (bicyclic) bond motifs is 1. The van der Waals surface area contributed by atoms with Gasteiger partial charge >= 0.3 is 0 Å². The van der Waals surface area contributed by atoms with E-state index in [0.29, 0.717) is 17.3 Å². The molecule has 0 saturated carbocycles. The molecule has 150 valence electrons. The Kier molecular flexibility index (Phi) is 5.29. The van der Waals surface area contributed by atoms with E-state index in [-0.39, 0.29) is 0 Å². The maximum Gasteiger partial charge on any atom is 0.176 e. The Balaban J connectivity index is 1.61. The van der Waals surface area contributed by atoms with Gasteiger partial charge in [-0.3, -0.25) is 0 Å². The quantitative estimate of drug-likeness (QED) is 0.306. The van der Waals surface area contributed by atoms with Crippen molar-refractivity contribution in [2.24, 2.45) is 4.99 Å². The summed E-state index contributed by atoms with van der Waals surface area (Å²) in [6.45, 7) is 0. The van der Waals surface area contributed by atoms with Gasteiger partial charge in [0.15, 0.2) is 5.82 Å². The zero-order chi connectivity index (χ0) is 21.0. The zero-order valence-electron chi connectivity index (χ0n) is 16.7. The molecule has 0 unspecified atom stereocenters. The second kappa shape index (κ2) is 8.54. The van der Waals surface area contributed by atoms with Gasteiger partial charge in [0.1, 0.15) is 0 Å². The van der Waals surface area contributed by atoms with E-state index in [1.165, 1.54) is 16.3 Å². The second-order valence-electron chi connectivity index (χ2n) is 7.26. The first kappa shape index (κ1) is 19.2. The lowest BCUT2D eigenvalue weighted by Crippen LogP contribution is -2.06. The third-order valence-corrected chi connectivity index (χ3v) is 5.40. The van der Waals surface area contributed by atoms with Crippen LogP contribution in [0.2, 0.25) is 5.02 Å². The van der Waals surface area contributed by atoms with Crippen molar-refractivity contribution in [3.63, 3.8) is 0 Å².